The molecule has 0 atom stereocenters. The number of H-pyrrole nitrogens is 1. The van der Waals surface area contributed by atoms with Gasteiger partial charge in [-0.1, -0.05) is 23.4 Å². The first-order valence-electron chi connectivity index (χ1n) is 5.41. The zero-order chi connectivity index (χ0) is 14.1. The van der Waals surface area contributed by atoms with E-state index in [1.54, 1.807) is 0 Å². The van der Waals surface area contributed by atoms with E-state index in [4.69, 9.17) is 16.9 Å². The molecular formula is C11H6ClN5OS2. The highest BCUT2D eigenvalue weighted by Crippen LogP contribution is 2.25. The monoisotopic (exact) mass is 323 g/mol. The lowest BCUT2D eigenvalue weighted by Crippen LogP contribution is -2.19. The Balaban J connectivity index is 1.92. The molecule has 3 aromatic rings. The number of nitriles is 1. The van der Waals surface area contributed by atoms with Crippen LogP contribution in [-0.4, -0.2) is 19.6 Å². The summed E-state index contributed by atoms with van der Waals surface area (Å²) in [5, 5.41) is 15.2. The van der Waals surface area contributed by atoms with E-state index in [9.17, 15) is 4.79 Å². The molecule has 6 nitrogen and oxygen atoms in total. The standard InChI is InChI=1S/C11H6ClN5OS2/c12-8-1-6(4-19-8)5-20-10-15-9-7(2-13)3-14-17(9)11(18)16-10/h1,3-4H,5H2,(H,15,16,18). The van der Waals surface area contributed by atoms with Crippen LogP contribution in [0.4, 0.5) is 0 Å². The predicted molar refractivity (Wildman–Crippen MR) is 77.2 cm³/mol. The van der Waals surface area contributed by atoms with Crippen molar-refractivity contribution < 1.29 is 0 Å². The molecule has 0 radical (unpaired) electrons. The number of hydrogen-bond acceptors (Lipinski definition) is 6. The van der Waals surface area contributed by atoms with Crippen molar-refractivity contribution in [1.29, 1.82) is 5.26 Å². The summed E-state index contributed by atoms with van der Waals surface area (Å²) >= 11 is 8.68. The van der Waals surface area contributed by atoms with Crippen molar-refractivity contribution in [3.05, 3.63) is 43.6 Å². The van der Waals surface area contributed by atoms with Crippen molar-refractivity contribution in [2.45, 2.75) is 10.9 Å². The van der Waals surface area contributed by atoms with Crippen LogP contribution in [0.1, 0.15) is 11.1 Å². The third-order valence-corrected chi connectivity index (χ3v) is 4.56. The van der Waals surface area contributed by atoms with Crippen LogP contribution >= 0.6 is 34.7 Å². The summed E-state index contributed by atoms with van der Waals surface area (Å²) < 4.78 is 1.80. The molecule has 3 heterocycles. The first kappa shape index (κ1) is 13.2. The number of aromatic nitrogens is 4. The number of nitrogens with zero attached hydrogens (tertiary/aromatic N) is 4. The molecule has 0 unspecified atom stereocenters. The zero-order valence-corrected chi connectivity index (χ0v) is 12.2. The molecule has 0 aliphatic rings. The van der Waals surface area contributed by atoms with Gasteiger partial charge < -0.3 is 0 Å². The quantitative estimate of drug-likeness (QED) is 0.747. The number of halogens is 1. The fraction of sp³-hybridized carbons (Fsp3) is 0.0909. The molecule has 0 aromatic carbocycles. The summed E-state index contributed by atoms with van der Waals surface area (Å²) in [5.41, 5.74) is 1.18. The molecule has 0 saturated heterocycles. The SMILES string of the molecule is N#Cc1cnn2c(=O)[nH]c(SCc3csc(Cl)c3)nc12. The van der Waals surface area contributed by atoms with Gasteiger partial charge in [-0.3, -0.25) is 4.98 Å². The Hall–Kier alpha value is -1.82. The first-order chi connectivity index (χ1) is 9.67. The van der Waals surface area contributed by atoms with Crippen molar-refractivity contribution in [2.24, 2.45) is 0 Å². The molecule has 9 heteroatoms. The van der Waals surface area contributed by atoms with E-state index in [2.05, 4.69) is 15.1 Å². The lowest BCUT2D eigenvalue weighted by atomic mass is 10.4. The molecule has 0 aliphatic heterocycles. The summed E-state index contributed by atoms with van der Waals surface area (Å²) in [7, 11) is 0. The van der Waals surface area contributed by atoms with Gasteiger partial charge in [-0.25, -0.2) is 9.78 Å². The second kappa shape index (κ2) is 5.28. The van der Waals surface area contributed by atoms with Crippen molar-refractivity contribution >= 4 is 40.3 Å². The fourth-order valence-electron chi connectivity index (χ4n) is 1.59. The van der Waals surface area contributed by atoms with Gasteiger partial charge in [-0.2, -0.15) is 14.9 Å². The van der Waals surface area contributed by atoms with Crippen LogP contribution in [0.2, 0.25) is 4.34 Å². The molecule has 100 valence electrons. The average Bonchev–Trinajstić information content (AvgIpc) is 3.02. The van der Waals surface area contributed by atoms with Gasteiger partial charge in [0.1, 0.15) is 11.6 Å². The number of fused-ring (bicyclic) bond motifs is 1. The topological polar surface area (TPSA) is 86.8 Å². The van der Waals surface area contributed by atoms with E-state index in [1.807, 2.05) is 17.5 Å². The largest absolute Gasteiger partial charge is 0.350 e. The van der Waals surface area contributed by atoms with E-state index in [0.717, 1.165) is 14.4 Å². The number of hydrogen-bond donors (Lipinski definition) is 1. The van der Waals surface area contributed by atoms with Gasteiger partial charge in [0, 0.05) is 5.75 Å². The lowest BCUT2D eigenvalue weighted by molar-refractivity contribution is 0.786. The molecule has 1 N–H and O–H groups in total. The normalized spacial score (nSPS) is 10.8. The average molecular weight is 324 g/mol. The van der Waals surface area contributed by atoms with Gasteiger partial charge in [0.25, 0.3) is 0 Å². The highest BCUT2D eigenvalue weighted by atomic mass is 35.5. The Morgan fingerprint density at radius 3 is 3.15 bits per heavy atom. The highest BCUT2D eigenvalue weighted by Gasteiger charge is 2.10. The summed E-state index contributed by atoms with van der Waals surface area (Å²) in [5.74, 6) is 0.637. The van der Waals surface area contributed by atoms with Gasteiger partial charge in [-0.15, -0.1) is 11.3 Å². The number of aromatic amines is 1. The van der Waals surface area contributed by atoms with Crippen LogP contribution < -0.4 is 5.69 Å². The summed E-state index contributed by atoms with van der Waals surface area (Å²) in [6.45, 7) is 0. The molecule has 0 saturated carbocycles. The van der Waals surface area contributed by atoms with E-state index in [-0.39, 0.29) is 11.2 Å². The lowest BCUT2D eigenvalue weighted by Gasteiger charge is -2.00. The summed E-state index contributed by atoms with van der Waals surface area (Å²) in [6.07, 6.45) is 1.32. The molecule has 3 rings (SSSR count). The van der Waals surface area contributed by atoms with Crippen molar-refractivity contribution in [1.82, 2.24) is 19.6 Å². The summed E-state index contributed by atoms with van der Waals surface area (Å²) in [6, 6.07) is 3.83. The van der Waals surface area contributed by atoms with Gasteiger partial charge in [0.2, 0.25) is 0 Å². The maximum absolute atomic E-state index is 11.8. The third kappa shape index (κ3) is 2.43. The van der Waals surface area contributed by atoms with Gasteiger partial charge >= 0.3 is 5.69 Å². The molecule has 3 aromatic heterocycles. The smallest absolute Gasteiger partial charge is 0.285 e. The highest BCUT2D eigenvalue weighted by molar-refractivity contribution is 7.98. The van der Waals surface area contributed by atoms with Crippen LogP contribution in [-0.2, 0) is 5.75 Å². The third-order valence-electron chi connectivity index (χ3n) is 2.48. The van der Waals surface area contributed by atoms with Crippen LogP contribution in [0.15, 0.2) is 27.6 Å². The maximum atomic E-state index is 11.8. The van der Waals surface area contributed by atoms with E-state index < -0.39 is 5.69 Å². The number of thioether (sulfide) groups is 1. The van der Waals surface area contributed by atoms with Gasteiger partial charge in [0.05, 0.1) is 10.5 Å². The van der Waals surface area contributed by atoms with E-state index >= 15 is 0 Å². The second-order valence-electron chi connectivity index (χ2n) is 3.80. The number of thiophene rings is 1. The molecule has 0 amide bonds. The van der Waals surface area contributed by atoms with Gasteiger partial charge in [-0.05, 0) is 17.0 Å². The molecule has 0 bridgehead atoms. The predicted octanol–water partition coefficient (Wildman–Crippen LogP) is 2.30. The fourth-order valence-corrected chi connectivity index (χ4v) is 3.38. The van der Waals surface area contributed by atoms with Crippen molar-refractivity contribution in [2.75, 3.05) is 0 Å². The first-order valence-corrected chi connectivity index (χ1v) is 7.65. The summed E-state index contributed by atoms with van der Waals surface area (Å²) in [4.78, 5) is 18.7. The second-order valence-corrected chi connectivity index (χ2v) is 6.31. The molecule has 20 heavy (non-hydrogen) atoms. The van der Waals surface area contributed by atoms with Gasteiger partial charge in [0.15, 0.2) is 10.8 Å². The Bertz CT molecular complexity index is 875. The zero-order valence-electron chi connectivity index (χ0n) is 9.83. The Kier molecular flexibility index (Phi) is 3.48. The minimum atomic E-state index is -0.414. The van der Waals surface area contributed by atoms with E-state index in [1.165, 1.54) is 29.3 Å². The number of nitrogens with one attached hydrogen (secondary N) is 1. The minimum Gasteiger partial charge on any atom is -0.285 e. The van der Waals surface area contributed by atoms with Crippen LogP contribution in [0, 0.1) is 11.3 Å². The van der Waals surface area contributed by atoms with Crippen LogP contribution in [0.5, 0.6) is 0 Å². The maximum Gasteiger partial charge on any atom is 0.350 e. The molecule has 0 spiro atoms. The Labute approximate surface area is 126 Å². The van der Waals surface area contributed by atoms with Crippen LogP contribution in [0.3, 0.4) is 0 Å². The number of rotatable bonds is 3. The minimum absolute atomic E-state index is 0.266. The Morgan fingerprint density at radius 2 is 2.45 bits per heavy atom. The molecular weight excluding hydrogens is 318 g/mol. The molecule has 0 aliphatic carbocycles. The Morgan fingerprint density at radius 1 is 1.60 bits per heavy atom. The van der Waals surface area contributed by atoms with Crippen LogP contribution in [0.25, 0.3) is 5.65 Å². The van der Waals surface area contributed by atoms with Crippen molar-refractivity contribution in [3.8, 4) is 6.07 Å². The molecule has 0 fully saturated rings. The van der Waals surface area contributed by atoms with E-state index in [0.29, 0.717) is 10.9 Å². The van der Waals surface area contributed by atoms with Crippen molar-refractivity contribution in [3.63, 3.8) is 0 Å².